The number of aromatic nitrogens is 1. The average molecular weight is 383 g/mol. The van der Waals surface area contributed by atoms with Crippen LogP contribution in [0.3, 0.4) is 0 Å². The number of nitrogens with zero attached hydrogens (tertiary/aromatic N) is 2. The molecule has 1 aliphatic heterocycles. The summed E-state index contributed by atoms with van der Waals surface area (Å²) in [7, 11) is 0. The van der Waals surface area contributed by atoms with Crippen LogP contribution in [-0.2, 0) is 0 Å². The molecule has 0 spiro atoms. The van der Waals surface area contributed by atoms with Gasteiger partial charge in [0.1, 0.15) is 0 Å². The molecular weight excluding hydrogens is 374 g/mol. The Morgan fingerprint density at radius 2 is 2.09 bits per heavy atom. The van der Waals surface area contributed by atoms with Crippen LogP contribution in [0.25, 0.3) is 0 Å². The molecule has 3 rings (SSSR count). The van der Waals surface area contributed by atoms with Crippen LogP contribution in [-0.4, -0.2) is 23.9 Å². The lowest BCUT2D eigenvalue weighted by Crippen LogP contribution is -2.17. The summed E-state index contributed by atoms with van der Waals surface area (Å²) >= 11 is 9.35. The summed E-state index contributed by atoms with van der Waals surface area (Å²) in [5.41, 5.74) is 3.41. The van der Waals surface area contributed by atoms with Crippen molar-refractivity contribution in [2.75, 3.05) is 6.79 Å². The van der Waals surface area contributed by atoms with Gasteiger partial charge in [-0.1, -0.05) is 11.6 Å². The van der Waals surface area contributed by atoms with Gasteiger partial charge >= 0.3 is 0 Å². The normalized spacial score (nSPS) is 12.6. The Morgan fingerprint density at radius 3 is 2.86 bits per heavy atom. The molecule has 0 atom stereocenters. The number of amides is 1. The van der Waals surface area contributed by atoms with Gasteiger partial charge in [0.25, 0.3) is 5.91 Å². The number of carbonyl (C=O) groups excluding carboxylic acids is 1. The fourth-order valence-electron chi connectivity index (χ4n) is 1.79. The third-order valence-corrected chi connectivity index (χ3v) is 3.59. The molecule has 0 bridgehead atoms. The topological polar surface area (TPSA) is 72.8 Å². The van der Waals surface area contributed by atoms with Crippen molar-refractivity contribution in [2.24, 2.45) is 5.10 Å². The lowest BCUT2D eigenvalue weighted by Gasteiger charge is -2.02. The molecule has 0 saturated heterocycles. The first-order chi connectivity index (χ1) is 10.6. The first-order valence-electron chi connectivity index (χ1n) is 6.16. The van der Waals surface area contributed by atoms with E-state index in [1.807, 2.05) is 0 Å². The number of carbonyl (C=O) groups is 1. The number of pyridine rings is 1. The summed E-state index contributed by atoms with van der Waals surface area (Å²) in [6, 6.07) is 4.98. The molecule has 8 heteroatoms. The lowest BCUT2D eigenvalue weighted by atomic mass is 10.2. The predicted molar refractivity (Wildman–Crippen MR) is 84.6 cm³/mol. The zero-order chi connectivity index (χ0) is 15.5. The van der Waals surface area contributed by atoms with Gasteiger partial charge in [-0.2, -0.15) is 5.10 Å². The van der Waals surface area contributed by atoms with E-state index in [4.69, 9.17) is 21.1 Å². The highest BCUT2D eigenvalue weighted by Gasteiger charge is 2.15. The summed E-state index contributed by atoms with van der Waals surface area (Å²) in [4.78, 5) is 15.8. The molecule has 0 aliphatic carbocycles. The molecule has 22 heavy (non-hydrogen) atoms. The van der Waals surface area contributed by atoms with E-state index in [2.05, 4.69) is 31.4 Å². The first kappa shape index (κ1) is 14.8. The van der Waals surface area contributed by atoms with Crippen LogP contribution in [0.5, 0.6) is 11.5 Å². The molecule has 1 amide bonds. The highest BCUT2D eigenvalue weighted by atomic mass is 79.9. The molecule has 2 heterocycles. The summed E-state index contributed by atoms with van der Waals surface area (Å²) in [5.74, 6) is 0.807. The number of nitrogens with one attached hydrogen (secondary N) is 1. The monoisotopic (exact) mass is 381 g/mol. The maximum atomic E-state index is 11.9. The van der Waals surface area contributed by atoms with Crippen LogP contribution >= 0.6 is 27.5 Å². The van der Waals surface area contributed by atoms with E-state index in [1.165, 1.54) is 12.4 Å². The Bertz CT molecular complexity index is 767. The van der Waals surface area contributed by atoms with Crippen molar-refractivity contribution in [3.63, 3.8) is 0 Å². The second-order valence-electron chi connectivity index (χ2n) is 4.32. The van der Waals surface area contributed by atoms with E-state index >= 15 is 0 Å². The van der Waals surface area contributed by atoms with Gasteiger partial charge in [0.15, 0.2) is 11.5 Å². The Kier molecular flexibility index (Phi) is 4.26. The van der Waals surface area contributed by atoms with E-state index in [0.717, 1.165) is 0 Å². The second-order valence-corrected chi connectivity index (χ2v) is 5.64. The minimum Gasteiger partial charge on any atom is -0.454 e. The molecular formula is C14H9BrClN3O3. The Morgan fingerprint density at radius 1 is 1.32 bits per heavy atom. The quantitative estimate of drug-likeness (QED) is 0.654. The highest BCUT2D eigenvalue weighted by Crippen LogP contribution is 2.36. The molecule has 1 aliphatic rings. The minimum atomic E-state index is -0.373. The third-order valence-electron chi connectivity index (χ3n) is 2.83. The van der Waals surface area contributed by atoms with Crippen LogP contribution in [0.2, 0.25) is 5.02 Å². The first-order valence-corrected chi connectivity index (χ1v) is 7.33. The molecule has 0 saturated carbocycles. The van der Waals surface area contributed by atoms with Gasteiger partial charge < -0.3 is 9.47 Å². The van der Waals surface area contributed by atoms with Crippen LogP contribution in [0.15, 0.2) is 40.2 Å². The van der Waals surface area contributed by atoms with Crippen LogP contribution in [0.1, 0.15) is 15.9 Å². The number of benzene rings is 1. The summed E-state index contributed by atoms with van der Waals surface area (Å²) in [5, 5.41) is 4.34. The fraction of sp³-hybridized carbons (Fsp3) is 0.0714. The largest absolute Gasteiger partial charge is 0.454 e. The summed E-state index contributed by atoms with van der Waals surface area (Å²) in [6.45, 7) is 0.166. The van der Waals surface area contributed by atoms with Crippen molar-refractivity contribution >= 4 is 39.7 Å². The summed E-state index contributed by atoms with van der Waals surface area (Å²) in [6.07, 6.45) is 4.48. The molecule has 1 aromatic carbocycles. The van der Waals surface area contributed by atoms with Crippen molar-refractivity contribution in [1.82, 2.24) is 10.4 Å². The third kappa shape index (κ3) is 3.20. The molecule has 112 valence electrons. The van der Waals surface area contributed by atoms with Gasteiger partial charge in [-0.25, -0.2) is 5.43 Å². The Labute approximate surface area is 139 Å². The van der Waals surface area contributed by atoms with Gasteiger partial charge in [-0.05, 0) is 28.1 Å². The summed E-state index contributed by atoms with van der Waals surface area (Å²) < 4.78 is 11.2. The number of hydrogen-bond acceptors (Lipinski definition) is 5. The van der Waals surface area contributed by atoms with Crippen molar-refractivity contribution in [3.05, 3.63) is 51.2 Å². The fourth-order valence-corrected chi connectivity index (χ4v) is 2.36. The van der Waals surface area contributed by atoms with Gasteiger partial charge in [0.05, 0.1) is 16.8 Å². The minimum absolute atomic E-state index is 0.166. The van der Waals surface area contributed by atoms with Crippen LogP contribution in [0, 0.1) is 0 Å². The SMILES string of the molecule is O=C(N/N=C/c1cc2c(cc1Cl)OCO2)c1cncc(Br)c1. The molecule has 0 fully saturated rings. The number of ether oxygens (including phenoxy) is 2. The van der Waals surface area contributed by atoms with Gasteiger partial charge in [0, 0.05) is 28.5 Å². The Hall–Kier alpha value is -2.12. The van der Waals surface area contributed by atoms with Crippen molar-refractivity contribution < 1.29 is 14.3 Å². The molecule has 1 N–H and O–H groups in total. The molecule has 0 radical (unpaired) electrons. The molecule has 0 unspecified atom stereocenters. The van der Waals surface area contributed by atoms with Crippen molar-refractivity contribution in [2.45, 2.75) is 0 Å². The van der Waals surface area contributed by atoms with Gasteiger partial charge in [-0.3, -0.25) is 9.78 Å². The number of hydrogen-bond donors (Lipinski definition) is 1. The lowest BCUT2D eigenvalue weighted by molar-refractivity contribution is 0.0954. The second kappa shape index (κ2) is 6.33. The van der Waals surface area contributed by atoms with Gasteiger partial charge in [0.2, 0.25) is 6.79 Å². The predicted octanol–water partition coefficient (Wildman–Crippen LogP) is 2.99. The standard InChI is InChI=1S/C14H9BrClN3O3/c15-10-1-9(4-17-6-10)14(20)19-18-5-8-2-12-13(3-11(8)16)22-7-21-12/h1-6H,7H2,(H,19,20)/b18-5+. The number of fused-ring (bicyclic) bond motifs is 1. The van der Waals surface area contributed by atoms with Gasteiger partial charge in [-0.15, -0.1) is 0 Å². The van der Waals surface area contributed by atoms with E-state index in [1.54, 1.807) is 24.4 Å². The number of rotatable bonds is 3. The zero-order valence-corrected chi connectivity index (χ0v) is 13.4. The van der Waals surface area contributed by atoms with E-state index in [0.29, 0.717) is 32.1 Å². The maximum Gasteiger partial charge on any atom is 0.272 e. The number of halogens is 2. The average Bonchev–Trinajstić information content (AvgIpc) is 2.94. The zero-order valence-electron chi connectivity index (χ0n) is 11.0. The highest BCUT2D eigenvalue weighted by molar-refractivity contribution is 9.10. The van der Waals surface area contributed by atoms with Crippen LogP contribution < -0.4 is 14.9 Å². The smallest absolute Gasteiger partial charge is 0.272 e. The Balaban J connectivity index is 1.71. The van der Waals surface area contributed by atoms with Crippen LogP contribution in [0.4, 0.5) is 0 Å². The van der Waals surface area contributed by atoms with E-state index in [9.17, 15) is 4.79 Å². The van der Waals surface area contributed by atoms with Crippen molar-refractivity contribution in [1.29, 1.82) is 0 Å². The molecule has 6 nitrogen and oxygen atoms in total. The van der Waals surface area contributed by atoms with E-state index in [-0.39, 0.29) is 12.7 Å². The maximum absolute atomic E-state index is 11.9. The molecule has 1 aromatic heterocycles. The van der Waals surface area contributed by atoms with E-state index < -0.39 is 0 Å². The van der Waals surface area contributed by atoms with Crippen molar-refractivity contribution in [3.8, 4) is 11.5 Å². The molecule has 2 aromatic rings. The number of hydrazone groups is 1.